The number of anilines is 1. The fourth-order valence-electron chi connectivity index (χ4n) is 2.36. The van der Waals surface area contributed by atoms with Crippen molar-refractivity contribution in [3.63, 3.8) is 0 Å². The Morgan fingerprint density at radius 1 is 1.12 bits per heavy atom. The third-order valence-electron chi connectivity index (χ3n) is 3.72. The van der Waals surface area contributed by atoms with Gasteiger partial charge in [-0.05, 0) is 29.8 Å². The normalized spacial score (nSPS) is 10.5. The highest BCUT2D eigenvalue weighted by molar-refractivity contribution is 5.90. The number of carbonyl (C=O) groups is 1. The van der Waals surface area contributed by atoms with Crippen LogP contribution in [0.2, 0.25) is 0 Å². The van der Waals surface area contributed by atoms with Crippen LogP contribution in [0.3, 0.4) is 0 Å². The molecule has 2 aromatic carbocycles. The largest absolute Gasteiger partial charge is 0.497 e. The summed E-state index contributed by atoms with van der Waals surface area (Å²) in [6.45, 7) is 0.769. The lowest BCUT2D eigenvalue weighted by molar-refractivity contribution is -0.117. The van der Waals surface area contributed by atoms with E-state index in [-0.39, 0.29) is 12.3 Å². The molecule has 0 unspecified atom stereocenters. The standard InChI is InChI=1S/C19H20N4O3/c1-25-17-9-7-15(8-10-17)14-26-12-11-19(24)21-18-13-20-22-23(18)16-5-3-2-4-6-16/h2-10,13H,11-12,14H2,1H3,(H,21,24). The molecule has 7 heteroatoms. The predicted molar refractivity (Wildman–Crippen MR) is 97.3 cm³/mol. The molecule has 3 aromatic rings. The molecule has 7 nitrogen and oxygen atoms in total. The highest BCUT2D eigenvalue weighted by atomic mass is 16.5. The van der Waals surface area contributed by atoms with Gasteiger partial charge >= 0.3 is 0 Å². The Morgan fingerprint density at radius 3 is 2.62 bits per heavy atom. The minimum absolute atomic E-state index is 0.154. The summed E-state index contributed by atoms with van der Waals surface area (Å²) in [5.41, 5.74) is 1.86. The highest BCUT2D eigenvalue weighted by Gasteiger charge is 2.09. The highest BCUT2D eigenvalue weighted by Crippen LogP contribution is 2.14. The molecule has 0 saturated heterocycles. The van der Waals surface area contributed by atoms with E-state index in [1.807, 2.05) is 54.6 Å². The smallest absolute Gasteiger partial charge is 0.227 e. The van der Waals surface area contributed by atoms with Crippen LogP contribution in [0, 0.1) is 0 Å². The molecular weight excluding hydrogens is 332 g/mol. The number of ether oxygens (including phenoxy) is 2. The fourth-order valence-corrected chi connectivity index (χ4v) is 2.36. The van der Waals surface area contributed by atoms with Crippen molar-refractivity contribution < 1.29 is 14.3 Å². The molecule has 26 heavy (non-hydrogen) atoms. The van der Waals surface area contributed by atoms with Crippen LogP contribution in [0.1, 0.15) is 12.0 Å². The van der Waals surface area contributed by atoms with Gasteiger partial charge in [0.2, 0.25) is 5.91 Å². The second kappa shape index (κ2) is 8.77. The number of hydrogen-bond donors (Lipinski definition) is 1. The number of aromatic nitrogens is 3. The lowest BCUT2D eigenvalue weighted by Gasteiger charge is -2.08. The minimum atomic E-state index is -0.154. The number of benzene rings is 2. The molecule has 0 aliphatic rings. The maximum Gasteiger partial charge on any atom is 0.227 e. The Balaban J connectivity index is 1.45. The van der Waals surface area contributed by atoms with Crippen LogP contribution in [0.4, 0.5) is 5.82 Å². The Labute approximate surface area is 151 Å². The van der Waals surface area contributed by atoms with Gasteiger partial charge in [-0.2, -0.15) is 4.68 Å². The first kappa shape index (κ1) is 17.6. The van der Waals surface area contributed by atoms with Crippen LogP contribution < -0.4 is 10.1 Å². The quantitative estimate of drug-likeness (QED) is 0.631. The number of nitrogens with zero attached hydrogens (tertiary/aromatic N) is 3. The number of hydrogen-bond acceptors (Lipinski definition) is 5. The number of nitrogens with one attached hydrogen (secondary N) is 1. The van der Waals surface area contributed by atoms with Gasteiger partial charge in [0.15, 0.2) is 5.82 Å². The maximum atomic E-state index is 12.1. The average Bonchev–Trinajstić information content (AvgIpc) is 3.14. The first-order valence-electron chi connectivity index (χ1n) is 8.23. The van der Waals surface area contributed by atoms with Gasteiger partial charge in [-0.1, -0.05) is 35.5 Å². The van der Waals surface area contributed by atoms with Crippen LogP contribution in [-0.2, 0) is 16.1 Å². The summed E-state index contributed by atoms with van der Waals surface area (Å²) in [4.78, 5) is 12.1. The van der Waals surface area contributed by atoms with Gasteiger partial charge in [-0.25, -0.2) is 0 Å². The number of methoxy groups -OCH3 is 1. The molecule has 0 fully saturated rings. The summed E-state index contributed by atoms with van der Waals surface area (Å²) < 4.78 is 12.2. The summed E-state index contributed by atoms with van der Waals surface area (Å²) in [5.74, 6) is 1.17. The molecule has 1 N–H and O–H groups in total. The van der Waals surface area contributed by atoms with E-state index in [4.69, 9.17) is 9.47 Å². The van der Waals surface area contributed by atoms with Gasteiger partial charge in [-0.3, -0.25) is 4.79 Å². The van der Waals surface area contributed by atoms with E-state index >= 15 is 0 Å². The van der Waals surface area contributed by atoms with E-state index in [2.05, 4.69) is 15.6 Å². The van der Waals surface area contributed by atoms with Crippen LogP contribution in [0.15, 0.2) is 60.8 Å². The third kappa shape index (κ3) is 4.67. The van der Waals surface area contributed by atoms with E-state index < -0.39 is 0 Å². The van der Waals surface area contributed by atoms with Gasteiger partial charge in [0.1, 0.15) is 5.75 Å². The van der Waals surface area contributed by atoms with Gasteiger partial charge in [0, 0.05) is 0 Å². The molecule has 1 heterocycles. The molecule has 0 bridgehead atoms. The summed E-state index contributed by atoms with van der Waals surface area (Å²) >= 11 is 0. The van der Waals surface area contributed by atoms with Crippen LogP contribution >= 0.6 is 0 Å². The van der Waals surface area contributed by atoms with Gasteiger partial charge in [0.05, 0.1) is 38.6 Å². The summed E-state index contributed by atoms with van der Waals surface area (Å²) in [5, 5.41) is 10.7. The van der Waals surface area contributed by atoms with Gasteiger partial charge in [-0.15, -0.1) is 5.10 Å². The number of carbonyl (C=O) groups excluding carboxylic acids is 1. The van der Waals surface area contributed by atoms with E-state index in [9.17, 15) is 4.79 Å². The summed E-state index contributed by atoms with van der Waals surface area (Å²) in [6, 6.07) is 17.1. The molecule has 3 rings (SSSR count). The topological polar surface area (TPSA) is 78.3 Å². The molecule has 134 valence electrons. The maximum absolute atomic E-state index is 12.1. The Bertz CT molecular complexity index is 832. The monoisotopic (exact) mass is 352 g/mol. The van der Waals surface area contributed by atoms with Crippen molar-refractivity contribution in [2.24, 2.45) is 0 Å². The molecule has 0 radical (unpaired) electrons. The molecule has 0 aliphatic carbocycles. The molecule has 0 spiro atoms. The molecule has 1 aromatic heterocycles. The third-order valence-corrected chi connectivity index (χ3v) is 3.72. The molecule has 0 saturated carbocycles. The zero-order valence-corrected chi connectivity index (χ0v) is 14.5. The summed E-state index contributed by atoms with van der Waals surface area (Å²) in [6.07, 6.45) is 1.76. The van der Waals surface area contributed by atoms with Crippen molar-refractivity contribution in [1.29, 1.82) is 0 Å². The van der Waals surface area contributed by atoms with Crippen molar-refractivity contribution in [3.8, 4) is 11.4 Å². The average molecular weight is 352 g/mol. The van der Waals surface area contributed by atoms with Crippen molar-refractivity contribution in [2.75, 3.05) is 19.0 Å². The fraction of sp³-hybridized carbons (Fsp3) is 0.211. The van der Waals surface area contributed by atoms with Crippen molar-refractivity contribution in [3.05, 3.63) is 66.4 Å². The van der Waals surface area contributed by atoms with E-state index in [0.717, 1.165) is 17.0 Å². The number of para-hydroxylation sites is 1. The van der Waals surface area contributed by atoms with E-state index in [1.165, 1.54) is 6.20 Å². The second-order valence-electron chi connectivity index (χ2n) is 5.57. The lowest BCUT2D eigenvalue weighted by Crippen LogP contribution is -2.16. The lowest BCUT2D eigenvalue weighted by atomic mass is 10.2. The molecule has 1 amide bonds. The molecule has 0 atom stereocenters. The molecular formula is C19H20N4O3. The number of rotatable bonds is 8. The predicted octanol–water partition coefficient (Wildman–Crippen LogP) is 2.82. The SMILES string of the molecule is COc1ccc(COCCC(=O)Nc2cnnn2-c2ccccc2)cc1. The van der Waals surface area contributed by atoms with Crippen LogP contribution in [0.25, 0.3) is 5.69 Å². The minimum Gasteiger partial charge on any atom is -0.497 e. The van der Waals surface area contributed by atoms with Crippen molar-refractivity contribution in [1.82, 2.24) is 15.0 Å². The summed E-state index contributed by atoms with van der Waals surface area (Å²) in [7, 11) is 1.63. The zero-order valence-electron chi connectivity index (χ0n) is 14.5. The van der Waals surface area contributed by atoms with Crippen molar-refractivity contribution in [2.45, 2.75) is 13.0 Å². The molecule has 0 aliphatic heterocycles. The van der Waals surface area contributed by atoms with E-state index in [1.54, 1.807) is 11.8 Å². The van der Waals surface area contributed by atoms with Crippen molar-refractivity contribution >= 4 is 11.7 Å². The van der Waals surface area contributed by atoms with Crippen LogP contribution in [-0.4, -0.2) is 34.6 Å². The van der Waals surface area contributed by atoms with E-state index in [0.29, 0.717) is 19.0 Å². The Morgan fingerprint density at radius 2 is 1.88 bits per heavy atom. The van der Waals surface area contributed by atoms with Gasteiger partial charge in [0.25, 0.3) is 0 Å². The number of amides is 1. The first-order valence-corrected chi connectivity index (χ1v) is 8.23. The van der Waals surface area contributed by atoms with Crippen LogP contribution in [0.5, 0.6) is 5.75 Å². The Kier molecular flexibility index (Phi) is 5.95. The second-order valence-corrected chi connectivity index (χ2v) is 5.57. The Hall–Kier alpha value is -3.19. The zero-order chi connectivity index (χ0) is 18.2. The van der Waals surface area contributed by atoms with Gasteiger partial charge < -0.3 is 14.8 Å². The first-order chi connectivity index (χ1) is 12.8.